The molecule has 3 aliphatic carbocycles. The number of methoxy groups -OCH3 is 2. The van der Waals surface area contributed by atoms with Gasteiger partial charge in [-0.15, -0.1) is 0 Å². The van der Waals surface area contributed by atoms with Gasteiger partial charge in [0.15, 0.2) is 12.6 Å². The van der Waals surface area contributed by atoms with Crippen LogP contribution in [0.1, 0.15) is 79.3 Å². The minimum Gasteiger partial charge on any atom is -0.468 e. The molecule has 6 atom stereocenters. The zero-order valence-corrected chi connectivity index (χ0v) is 27.4. The maximum atomic E-state index is 14.2. The molecule has 2 saturated carbocycles. The van der Waals surface area contributed by atoms with E-state index >= 15 is 0 Å². The van der Waals surface area contributed by atoms with Gasteiger partial charge >= 0.3 is 0 Å². The molecule has 0 unspecified atom stereocenters. The van der Waals surface area contributed by atoms with Gasteiger partial charge in [0.25, 0.3) is 0 Å². The summed E-state index contributed by atoms with van der Waals surface area (Å²) < 4.78 is 39.5. The molecule has 0 aromatic heterocycles. The quantitative estimate of drug-likeness (QED) is 0.125. The number of unbranched alkanes of at least 4 members (excludes halogenated alkanes) is 1. The number of carbonyl (C=O) groups is 1. The Kier molecular flexibility index (Phi) is 12.9. The van der Waals surface area contributed by atoms with E-state index in [4.69, 9.17) is 33.2 Å². The molecule has 0 spiro atoms. The molecular formula is C37H52O8. The smallest absolute Gasteiger partial charge is 0.188 e. The molecule has 5 rings (SSSR count). The third-order valence-corrected chi connectivity index (χ3v) is 10.4. The SMILES string of the molecule is COCOc1ccc2c(c1)C(=O)[C@@H](CCCCOCCOCCOCc1ccccc1)[C@@H]1[C@@H]2CC[C@]2(C)[C@@H](OCOC)CC[C@@H]12. The van der Waals surface area contributed by atoms with Crippen LogP contribution in [0.25, 0.3) is 0 Å². The average Bonchev–Trinajstić information content (AvgIpc) is 3.40. The van der Waals surface area contributed by atoms with E-state index in [9.17, 15) is 4.79 Å². The molecule has 0 aliphatic heterocycles. The molecule has 8 heteroatoms. The minimum atomic E-state index is -0.00908. The van der Waals surface area contributed by atoms with Gasteiger partial charge in [-0.2, -0.15) is 0 Å². The van der Waals surface area contributed by atoms with Gasteiger partial charge in [0.2, 0.25) is 0 Å². The summed E-state index contributed by atoms with van der Waals surface area (Å²) in [5.41, 5.74) is 3.26. The number of hydrogen-bond donors (Lipinski definition) is 0. The van der Waals surface area contributed by atoms with Crippen LogP contribution in [-0.4, -0.2) is 72.7 Å². The van der Waals surface area contributed by atoms with Gasteiger partial charge in [-0.05, 0) is 85.0 Å². The first kappa shape index (κ1) is 34.0. The average molecular weight is 625 g/mol. The highest BCUT2D eigenvalue weighted by Gasteiger charge is 2.58. The first-order chi connectivity index (χ1) is 22.1. The number of fused-ring (bicyclic) bond motifs is 5. The lowest BCUT2D eigenvalue weighted by atomic mass is 9.51. The van der Waals surface area contributed by atoms with Crippen molar-refractivity contribution in [3.05, 3.63) is 65.2 Å². The van der Waals surface area contributed by atoms with Gasteiger partial charge in [-0.1, -0.05) is 49.7 Å². The summed E-state index contributed by atoms with van der Waals surface area (Å²) in [6.45, 7) is 6.39. The van der Waals surface area contributed by atoms with Crippen LogP contribution >= 0.6 is 0 Å². The Bertz CT molecular complexity index is 1190. The van der Waals surface area contributed by atoms with E-state index in [0.29, 0.717) is 69.9 Å². The second-order valence-electron chi connectivity index (χ2n) is 13.0. The van der Waals surface area contributed by atoms with Crippen LogP contribution < -0.4 is 4.74 Å². The second kappa shape index (κ2) is 17.0. The van der Waals surface area contributed by atoms with Crippen molar-refractivity contribution in [3.8, 4) is 5.75 Å². The largest absolute Gasteiger partial charge is 0.468 e. The highest BCUT2D eigenvalue weighted by Crippen LogP contribution is 2.63. The van der Waals surface area contributed by atoms with Crippen LogP contribution in [0.2, 0.25) is 0 Å². The molecule has 0 N–H and O–H groups in total. The van der Waals surface area contributed by atoms with Gasteiger partial charge in [-0.3, -0.25) is 4.79 Å². The van der Waals surface area contributed by atoms with Crippen molar-refractivity contribution < 1.29 is 38.0 Å². The number of Topliss-reactive ketones (excluding diaryl/α,β-unsaturated/α-hetero) is 1. The van der Waals surface area contributed by atoms with E-state index in [-0.39, 0.29) is 30.0 Å². The molecule has 0 saturated heterocycles. The number of carbonyl (C=O) groups excluding carboxylic acids is 1. The maximum absolute atomic E-state index is 14.2. The first-order valence-corrected chi connectivity index (χ1v) is 16.7. The predicted octanol–water partition coefficient (Wildman–Crippen LogP) is 6.80. The summed E-state index contributed by atoms with van der Waals surface area (Å²) in [5.74, 6) is 2.10. The van der Waals surface area contributed by atoms with E-state index in [1.807, 2.05) is 30.3 Å². The van der Waals surface area contributed by atoms with Gasteiger partial charge in [-0.25, -0.2) is 0 Å². The minimum absolute atomic E-state index is 0.00908. The Labute approximate surface area is 269 Å². The monoisotopic (exact) mass is 624 g/mol. The predicted molar refractivity (Wildman–Crippen MR) is 171 cm³/mol. The number of ketones is 1. The number of hydrogen-bond acceptors (Lipinski definition) is 8. The normalized spacial score (nSPS) is 27.2. The Hall–Kier alpha value is -2.33. The fourth-order valence-corrected chi connectivity index (χ4v) is 8.25. The van der Waals surface area contributed by atoms with Gasteiger partial charge in [0, 0.05) is 32.3 Å². The molecule has 3 aliphatic rings. The van der Waals surface area contributed by atoms with Crippen molar-refractivity contribution >= 4 is 5.78 Å². The lowest BCUT2D eigenvalue weighted by Crippen LogP contribution is -2.49. The van der Waals surface area contributed by atoms with Crippen LogP contribution in [0.4, 0.5) is 0 Å². The number of rotatable bonds is 19. The Morgan fingerprint density at radius 2 is 1.58 bits per heavy atom. The zero-order chi connectivity index (χ0) is 31.5. The molecule has 8 nitrogen and oxygen atoms in total. The summed E-state index contributed by atoms with van der Waals surface area (Å²) in [7, 11) is 3.29. The maximum Gasteiger partial charge on any atom is 0.188 e. The lowest BCUT2D eigenvalue weighted by molar-refractivity contribution is -0.127. The molecule has 0 bridgehead atoms. The van der Waals surface area contributed by atoms with Crippen LogP contribution in [-0.2, 0) is 35.0 Å². The van der Waals surface area contributed by atoms with Crippen LogP contribution in [0.5, 0.6) is 5.75 Å². The van der Waals surface area contributed by atoms with Crippen molar-refractivity contribution in [2.24, 2.45) is 23.2 Å². The van der Waals surface area contributed by atoms with Crippen molar-refractivity contribution in [2.45, 2.75) is 70.5 Å². The second-order valence-corrected chi connectivity index (χ2v) is 13.0. The van der Waals surface area contributed by atoms with Gasteiger partial charge < -0.3 is 33.2 Å². The van der Waals surface area contributed by atoms with Gasteiger partial charge in [0.1, 0.15) is 12.5 Å². The fourth-order valence-electron chi connectivity index (χ4n) is 8.25. The first-order valence-electron chi connectivity index (χ1n) is 16.7. The summed E-state index contributed by atoms with van der Waals surface area (Å²) >= 11 is 0. The highest BCUT2D eigenvalue weighted by atomic mass is 16.7. The molecule has 2 fully saturated rings. The Balaban J connectivity index is 1.12. The van der Waals surface area contributed by atoms with Crippen LogP contribution in [0, 0.1) is 23.2 Å². The van der Waals surface area contributed by atoms with Crippen LogP contribution in [0.3, 0.4) is 0 Å². The van der Waals surface area contributed by atoms with E-state index < -0.39 is 0 Å². The number of ether oxygens (including phenoxy) is 7. The summed E-state index contributed by atoms with van der Waals surface area (Å²) in [6.07, 6.45) is 7.22. The molecule has 0 radical (unpaired) electrons. The molecule has 2 aromatic rings. The van der Waals surface area contributed by atoms with Gasteiger partial charge in [0.05, 0.1) is 39.1 Å². The van der Waals surface area contributed by atoms with Crippen molar-refractivity contribution in [2.75, 3.05) is 60.8 Å². The highest BCUT2D eigenvalue weighted by molar-refractivity contribution is 6.01. The fraction of sp³-hybridized carbons (Fsp3) is 0.649. The third-order valence-electron chi connectivity index (χ3n) is 10.4. The Morgan fingerprint density at radius 1 is 0.822 bits per heavy atom. The van der Waals surface area contributed by atoms with Crippen LogP contribution in [0.15, 0.2) is 48.5 Å². The summed E-state index contributed by atoms with van der Waals surface area (Å²) in [4.78, 5) is 14.2. The standard InChI is InChI=1S/C37H52O8/c1-37-17-16-30-29-13-12-28(44-25-39-2)23-32(29)36(38)31(35(30)33(37)14-15-34(37)45-26-40-3)11-7-8-18-41-19-20-42-21-22-43-24-27-9-5-4-6-10-27/h4-6,9-10,12-13,23,30-31,33-35H,7-8,11,14-22,24-26H2,1-3H3/t30-,31+,33+,34+,35+,37+/m1/s1. The van der Waals surface area contributed by atoms with Crippen molar-refractivity contribution in [1.29, 1.82) is 0 Å². The lowest BCUT2D eigenvalue weighted by Gasteiger charge is -2.53. The van der Waals surface area contributed by atoms with Crippen molar-refractivity contribution in [3.63, 3.8) is 0 Å². The van der Waals surface area contributed by atoms with E-state index in [1.54, 1.807) is 14.2 Å². The van der Waals surface area contributed by atoms with E-state index in [1.165, 1.54) is 5.56 Å². The van der Waals surface area contributed by atoms with E-state index in [2.05, 4.69) is 25.1 Å². The third kappa shape index (κ3) is 8.34. The molecule has 248 valence electrons. The molecule has 2 aromatic carbocycles. The topological polar surface area (TPSA) is 81.7 Å². The zero-order valence-electron chi connectivity index (χ0n) is 27.4. The van der Waals surface area contributed by atoms with Crippen molar-refractivity contribution in [1.82, 2.24) is 0 Å². The molecule has 0 amide bonds. The Morgan fingerprint density at radius 3 is 2.36 bits per heavy atom. The summed E-state index contributed by atoms with van der Waals surface area (Å²) in [5, 5.41) is 0. The summed E-state index contributed by atoms with van der Waals surface area (Å²) in [6, 6.07) is 16.2. The molecular weight excluding hydrogens is 572 g/mol. The van der Waals surface area contributed by atoms with E-state index in [0.717, 1.165) is 56.1 Å². The molecule has 0 heterocycles. The molecule has 45 heavy (non-hydrogen) atoms. The number of benzene rings is 2.